The SMILES string of the molecule is CN1CCN(c2cc(N)c(Br)cc2F)CC1. The van der Waals surface area contributed by atoms with Gasteiger partial charge in [-0.3, -0.25) is 0 Å². The molecule has 2 N–H and O–H groups in total. The molecular weight excluding hydrogens is 273 g/mol. The number of nitrogens with two attached hydrogens (primary N) is 1. The third-order valence-corrected chi connectivity index (χ3v) is 3.60. The lowest BCUT2D eigenvalue weighted by molar-refractivity contribution is 0.311. The molecule has 88 valence electrons. The molecule has 0 bridgehead atoms. The Hall–Kier alpha value is -0.810. The van der Waals surface area contributed by atoms with Crippen molar-refractivity contribution in [3.8, 4) is 0 Å². The molecule has 0 atom stereocenters. The summed E-state index contributed by atoms with van der Waals surface area (Å²) in [5.74, 6) is -0.217. The first-order valence-electron chi connectivity index (χ1n) is 5.26. The predicted molar refractivity (Wildman–Crippen MR) is 68.2 cm³/mol. The van der Waals surface area contributed by atoms with E-state index in [1.54, 1.807) is 6.07 Å². The molecule has 0 aliphatic carbocycles. The molecule has 0 saturated carbocycles. The van der Waals surface area contributed by atoms with E-state index in [2.05, 4.69) is 27.9 Å². The van der Waals surface area contributed by atoms with E-state index in [9.17, 15) is 4.39 Å². The van der Waals surface area contributed by atoms with E-state index in [0.29, 0.717) is 15.8 Å². The van der Waals surface area contributed by atoms with Gasteiger partial charge in [0.15, 0.2) is 0 Å². The highest BCUT2D eigenvalue weighted by atomic mass is 79.9. The van der Waals surface area contributed by atoms with E-state index in [4.69, 9.17) is 5.73 Å². The molecule has 1 aliphatic rings. The monoisotopic (exact) mass is 287 g/mol. The van der Waals surface area contributed by atoms with Crippen LogP contribution in [0.3, 0.4) is 0 Å². The van der Waals surface area contributed by atoms with Gasteiger partial charge in [-0.1, -0.05) is 0 Å². The summed E-state index contributed by atoms with van der Waals surface area (Å²) in [7, 11) is 2.07. The van der Waals surface area contributed by atoms with Gasteiger partial charge in [0.1, 0.15) is 5.82 Å². The zero-order chi connectivity index (χ0) is 11.7. The second kappa shape index (κ2) is 4.59. The summed E-state index contributed by atoms with van der Waals surface area (Å²) in [5.41, 5.74) is 6.96. The third kappa shape index (κ3) is 2.30. The number of likely N-dealkylation sites (N-methyl/N-ethyl adjacent to an activating group) is 1. The van der Waals surface area contributed by atoms with Gasteiger partial charge >= 0.3 is 0 Å². The van der Waals surface area contributed by atoms with Crippen LogP contribution in [0.5, 0.6) is 0 Å². The number of anilines is 2. The van der Waals surface area contributed by atoms with Crippen LogP contribution in [0, 0.1) is 5.82 Å². The van der Waals surface area contributed by atoms with Gasteiger partial charge in [-0.05, 0) is 35.1 Å². The summed E-state index contributed by atoms with van der Waals surface area (Å²) in [4.78, 5) is 4.27. The second-order valence-corrected chi connectivity index (χ2v) is 4.97. The third-order valence-electron chi connectivity index (χ3n) is 2.91. The number of nitrogens with zero attached hydrogens (tertiary/aromatic N) is 2. The van der Waals surface area contributed by atoms with Crippen molar-refractivity contribution in [3.63, 3.8) is 0 Å². The first-order valence-corrected chi connectivity index (χ1v) is 6.05. The fourth-order valence-electron chi connectivity index (χ4n) is 1.84. The van der Waals surface area contributed by atoms with Crippen LogP contribution in [0.25, 0.3) is 0 Å². The van der Waals surface area contributed by atoms with Gasteiger partial charge in [-0.15, -0.1) is 0 Å². The standard InChI is InChI=1S/C11H15BrFN3/c1-15-2-4-16(5-3-15)11-7-10(14)8(12)6-9(11)13/h6-7H,2-5,14H2,1H3. The van der Waals surface area contributed by atoms with E-state index >= 15 is 0 Å². The average Bonchev–Trinajstić information content (AvgIpc) is 2.25. The summed E-state index contributed by atoms with van der Waals surface area (Å²) >= 11 is 3.22. The Balaban J connectivity index is 2.23. The Morgan fingerprint density at radius 3 is 2.50 bits per heavy atom. The van der Waals surface area contributed by atoms with Crippen LogP contribution in [0.4, 0.5) is 15.8 Å². The molecule has 0 spiro atoms. The Kier molecular flexibility index (Phi) is 3.35. The smallest absolute Gasteiger partial charge is 0.147 e. The lowest BCUT2D eigenvalue weighted by Gasteiger charge is -2.34. The number of benzene rings is 1. The number of nitrogen functional groups attached to an aromatic ring is 1. The Bertz CT molecular complexity index is 389. The Labute approximate surface area is 103 Å². The topological polar surface area (TPSA) is 32.5 Å². The first kappa shape index (κ1) is 11.7. The van der Waals surface area contributed by atoms with E-state index < -0.39 is 0 Å². The molecular formula is C11H15BrFN3. The average molecular weight is 288 g/mol. The zero-order valence-electron chi connectivity index (χ0n) is 9.21. The van der Waals surface area contributed by atoms with E-state index in [0.717, 1.165) is 26.2 Å². The first-order chi connectivity index (χ1) is 7.58. The highest BCUT2D eigenvalue weighted by molar-refractivity contribution is 9.10. The zero-order valence-corrected chi connectivity index (χ0v) is 10.8. The Morgan fingerprint density at radius 1 is 1.25 bits per heavy atom. The number of piperazine rings is 1. The highest BCUT2D eigenvalue weighted by Crippen LogP contribution is 2.29. The predicted octanol–water partition coefficient (Wildman–Crippen LogP) is 1.92. The van der Waals surface area contributed by atoms with Crippen LogP contribution < -0.4 is 10.6 Å². The van der Waals surface area contributed by atoms with Gasteiger partial charge in [0.05, 0.1) is 5.69 Å². The van der Waals surface area contributed by atoms with Gasteiger partial charge in [0.25, 0.3) is 0 Å². The van der Waals surface area contributed by atoms with Crippen molar-refractivity contribution >= 4 is 27.3 Å². The maximum absolute atomic E-state index is 13.8. The van der Waals surface area contributed by atoms with E-state index in [1.165, 1.54) is 6.07 Å². The van der Waals surface area contributed by atoms with Gasteiger partial charge in [-0.25, -0.2) is 4.39 Å². The molecule has 1 aliphatic heterocycles. The molecule has 0 unspecified atom stereocenters. The molecule has 1 fully saturated rings. The molecule has 3 nitrogen and oxygen atoms in total. The summed E-state index contributed by atoms with van der Waals surface area (Å²) in [6, 6.07) is 3.13. The van der Waals surface area contributed by atoms with E-state index in [1.807, 2.05) is 4.90 Å². The maximum atomic E-state index is 13.8. The van der Waals surface area contributed by atoms with Crippen LogP contribution in [0.2, 0.25) is 0 Å². The van der Waals surface area contributed by atoms with Gasteiger partial charge in [0, 0.05) is 36.3 Å². The molecule has 0 radical (unpaired) electrons. The fraction of sp³-hybridized carbons (Fsp3) is 0.455. The summed E-state index contributed by atoms with van der Waals surface area (Å²) in [6.07, 6.45) is 0. The van der Waals surface area contributed by atoms with Crippen molar-refractivity contribution in [1.82, 2.24) is 4.90 Å². The second-order valence-electron chi connectivity index (χ2n) is 4.12. The van der Waals surface area contributed by atoms with Gasteiger partial charge in [0.2, 0.25) is 0 Å². The lowest BCUT2D eigenvalue weighted by Crippen LogP contribution is -2.44. The van der Waals surface area contributed by atoms with E-state index in [-0.39, 0.29) is 5.82 Å². The minimum absolute atomic E-state index is 0.217. The van der Waals surface area contributed by atoms with Crippen molar-refractivity contribution in [2.75, 3.05) is 43.9 Å². The van der Waals surface area contributed by atoms with Crippen molar-refractivity contribution in [2.45, 2.75) is 0 Å². The summed E-state index contributed by atoms with van der Waals surface area (Å²) < 4.78 is 14.4. The highest BCUT2D eigenvalue weighted by Gasteiger charge is 2.18. The molecule has 5 heteroatoms. The quantitative estimate of drug-likeness (QED) is 0.801. The fourth-order valence-corrected chi connectivity index (χ4v) is 2.16. The lowest BCUT2D eigenvalue weighted by atomic mass is 10.2. The maximum Gasteiger partial charge on any atom is 0.147 e. The molecule has 1 heterocycles. The van der Waals surface area contributed by atoms with Crippen LogP contribution in [-0.4, -0.2) is 38.1 Å². The molecule has 16 heavy (non-hydrogen) atoms. The van der Waals surface area contributed by atoms with Crippen molar-refractivity contribution in [2.24, 2.45) is 0 Å². The normalized spacial score (nSPS) is 17.8. The molecule has 0 aromatic heterocycles. The minimum atomic E-state index is -0.217. The number of hydrogen-bond donors (Lipinski definition) is 1. The molecule has 2 rings (SSSR count). The van der Waals surface area contributed by atoms with Gasteiger partial charge < -0.3 is 15.5 Å². The largest absolute Gasteiger partial charge is 0.398 e. The van der Waals surface area contributed by atoms with Crippen LogP contribution in [-0.2, 0) is 0 Å². The van der Waals surface area contributed by atoms with Crippen LogP contribution in [0.15, 0.2) is 16.6 Å². The molecule has 1 aromatic carbocycles. The number of rotatable bonds is 1. The Morgan fingerprint density at radius 2 is 1.88 bits per heavy atom. The van der Waals surface area contributed by atoms with Crippen molar-refractivity contribution < 1.29 is 4.39 Å². The summed E-state index contributed by atoms with van der Waals surface area (Å²) in [6.45, 7) is 3.59. The van der Waals surface area contributed by atoms with Crippen LogP contribution in [0.1, 0.15) is 0 Å². The number of hydrogen-bond acceptors (Lipinski definition) is 3. The molecule has 0 amide bonds. The minimum Gasteiger partial charge on any atom is -0.398 e. The molecule has 1 saturated heterocycles. The van der Waals surface area contributed by atoms with Gasteiger partial charge in [-0.2, -0.15) is 0 Å². The van der Waals surface area contributed by atoms with Crippen molar-refractivity contribution in [3.05, 3.63) is 22.4 Å². The summed E-state index contributed by atoms with van der Waals surface area (Å²) in [5, 5.41) is 0. The number of halogens is 2. The molecule has 1 aromatic rings. The van der Waals surface area contributed by atoms with Crippen LogP contribution >= 0.6 is 15.9 Å². The van der Waals surface area contributed by atoms with Crippen molar-refractivity contribution in [1.29, 1.82) is 0 Å².